The lowest BCUT2D eigenvalue weighted by atomic mass is 10.3. The zero-order valence-electron chi connectivity index (χ0n) is 9.83. The van der Waals surface area contributed by atoms with Gasteiger partial charge in [0.05, 0.1) is 10.8 Å². The van der Waals surface area contributed by atoms with Crippen molar-refractivity contribution in [3.63, 3.8) is 0 Å². The number of nitrogens with one attached hydrogen (secondary N) is 1. The van der Waals surface area contributed by atoms with Gasteiger partial charge in [0, 0.05) is 5.69 Å². The van der Waals surface area contributed by atoms with Gasteiger partial charge in [-0.05, 0) is 48.6 Å². The van der Waals surface area contributed by atoms with Crippen LogP contribution in [-0.2, 0) is 0 Å². The Kier molecular flexibility index (Phi) is 3.06. The van der Waals surface area contributed by atoms with Crippen molar-refractivity contribution in [3.05, 3.63) is 48.5 Å². The van der Waals surface area contributed by atoms with Gasteiger partial charge >= 0.3 is 0 Å². The summed E-state index contributed by atoms with van der Waals surface area (Å²) in [5.41, 5.74) is 3.21. The molecule has 0 saturated carbocycles. The Labute approximate surface area is 114 Å². The van der Waals surface area contributed by atoms with E-state index in [1.807, 2.05) is 48.5 Å². The molecule has 0 aliphatic rings. The average molecular weight is 267 g/mol. The quantitative estimate of drug-likeness (QED) is 0.567. The van der Waals surface area contributed by atoms with Gasteiger partial charge < -0.3 is 9.73 Å². The van der Waals surface area contributed by atoms with Crippen molar-refractivity contribution in [1.82, 2.24) is 4.98 Å². The molecule has 4 nitrogen and oxygen atoms in total. The van der Waals surface area contributed by atoms with Crippen LogP contribution in [0, 0.1) is 0 Å². The number of nitrogens with zero attached hydrogens (tertiary/aromatic N) is 2. The number of hydrogen-bond acceptors (Lipinski definition) is 5. The van der Waals surface area contributed by atoms with Gasteiger partial charge in [0.15, 0.2) is 5.58 Å². The number of oxazole rings is 1. The van der Waals surface area contributed by atoms with Gasteiger partial charge in [-0.15, -0.1) is 0 Å². The maximum absolute atomic E-state index is 5.58. The normalized spacial score (nSPS) is 10.1. The van der Waals surface area contributed by atoms with Crippen LogP contribution in [0.1, 0.15) is 0 Å². The van der Waals surface area contributed by atoms with Crippen molar-refractivity contribution < 1.29 is 4.42 Å². The third-order valence-corrected chi connectivity index (χ3v) is 2.68. The predicted octanol–water partition coefficient (Wildman–Crippen LogP) is 4.31. The van der Waals surface area contributed by atoms with Crippen LogP contribution in [0.5, 0.6) is 0 Å². The van der Waals surface area contributed by atoms with Crippen LogP contribution in [0.25, 0.3) is 11.1 Å². The molecule has 0 spiro atoms. The highest BCUT2D eigenvalue weighted by Gasteiger charge is 2.04. The van der Waals surface area contributed by atoms with Crippen molar-refractivity contribution in [2.45, 2.75) is 0 Å². The summed E-state index contributed by atoms with van der Waals surface area (Å²) in [4.78, 5) is 8.22. The number of aliphatic imine (C=N–C) groups is 1. The fourth-order valence-corrected chi connectivity index (χ4v) is 1.83. The zero-order valence-corrected chi connectivity index (χ0v) is 10.6. The topological polar surface area (TPSA) is 50.4 Å². The Morgan fingerprint density at radius 1 is 1.11 bits per heavy atom. The molecule has 5 heteroatoms. The molecule has 1 N–H and O–H groups in total. The van der Waals surface area contributed by atoms with Crippen LogP contribution < -0.4 is 5.32 Å². The van der Waals surface area contributed by atoms with Gasteiger partial charge in [-0.3, -0.25) is 0 Å². The standard InChI is InChI=1S/C14H9N3OS/c19-9-15-10-5-7-11(8-6-10)16-14-17-12-3-1-2-4-13(12)18-14/h1-8H,(H,16,17). The maximum Gasteiger partial charge on any atom is 0.300 e. The Balaban J connectivity index is 1.85. The molecule has 0 amide bonds. The van der Waals surface area contributed by atoms with Crippen molar-refractivity contribution in [2.24, 2.45) is 4.99 Å². The molecular formula is C14H9N3OS. The third kappa shape index (κ3) is 2.52. The minimum Gasteiger partial charge on any atom is -0.423 e. The minimum atomic E-state index is 0.465. The van der Waals surface area contributed by atoms with E-state index in [0.717, 1.165) is 22.5 Å². The molecule has 0 saturated heterocycles. The summed E-state index contributed by atoms with van der Waals surface area (Å²) in [6, 6.07) is 15.5. The predicted molar refractivity (Wildman–Crippen MR) is 78.4 cm³/mol. The molecule has 1 heterocycles. The van der Waals surface area contributed by atoms with E-state index >= 15 is 0 Å². The highest BCUT2D eigenvalue weighted by Crippen LogP contribution is 2.23. The second kappa shape index (κ2) is 5.02. The first kappa shape index (κ1) is 11.6. The van der Waals surface area contributed by atoms with E-state index < -0.39 is 0 Å². The third-order valence-electron chi connectivity index (χ3n) is 2.59. The van der Waals surface area contributed by atoms with E-state index in [-0.39, 0.29) is 0 Å². The van der Waals surface area contributed by atoms with Gasteiger partial charge in [-0.1, -0.05) is 12.1 Å². The first-order chi connectivity index (χ1) is 9.35. The highest BCUT2D eigenvalue weighted by atomic mass is 32.1. The number of aromatic nitrogens is 1. The van der Waals surface area contributed by atoms with Crippen molar-refractivity contribution in [1.29, 1.82) is 0 Å². The molecule has 3 rings (SSSR count). The highest BCUT2D eigenvalue weighted by molar-refractivity contribution is 7.78. The minimum absolute atomic E-state index is 0.465. The van der Waals surface area contributed by atoms with Crippen LogP contribution in [0.4, 0.5) is 17.4 Å². The zero-order chi connectivity index (χ0) is 13.1. The van der Waals surface area contributed by atoms with Crippen LogP contribution in [-0.4, -0.2) is 10.1 Å². The molecule has 3 aromatic rings. The van der Waals surface area contributed by atoms with Gasteiger partial charge in [-0.25, -0.2) is 0 Å². The molecule has 0 unspecified atom stereocenters. The van der Waals surface area contributed by atoms with Gasteiger partial charge in [-0.2, -0.15) is 9.98 Å². The number of thiocarbonyl (C=S) groups is 1. The Morgan fingerprint density at radius 3 is 2.63 bits per heavy atom. The number of isothiocyanates is 1. The first-order valence-electron chi connectivity index (χ1n) is 5.66. The summed E-state index contributed by atoms with van der Waals surface area (Å²) < 4.78 is 5.58. The maximum atomic E-state index is 5.58. The van der Waals surface area contributed by atoms with E-state index in [1.165, 1.54) is 0 Å². The van der Waals surface area contributed by atoms with Crippen LogP contribution in [0.15, 0.2) is 57.9 Å². The lowest BCUT2D eigenvalue weighted by Crippen LogP contribution is -1.88. The van der Waals surface area contributed by atoms with E-state index in [2.05, 4.69) is 32.7 Å². The van der Waals surface area contributed by atoms with Gasteiger partial charge in [0.2, 0.25) is 0 Å². The number of fused-ring (bicyclic) bond motifs is 1. The summed E-state index contributed by atoms with van der Waals surface area (Å²) in [5.74, 6) is 0. The number of rotatable bonds is 3. The van der Waals surface area contributed by atoms with Gasteiger partial charge in [0.1, 0.15) is 5.52 Å². The number of benzene rings is 2. The molecule has 0 aliphatic carbocycles. The molecule has 92 valence electrons. The molecule has 1 aromatic heterocycles. The molecule has 0 radical (unpaired) electrons. The molecular weight excluding hydrogens is 258 g/mol. The summed E-state index contributed by atoms with van der Waals surface area (Å²) >= 11 is 4.55. The molecule has 0 fully saturated rings. The summed E-state index contributed by atoms with van der Waals surface area (Å²) in [6.07, 6.45) is 0. The Morgan fingerprint density at radius 2 is 1.89 bits per heavy atom. The van der Waals surface area contributed by atoms with Crippen molar-refractivity contribution in [2.75, 3.05) is 5.32 Å². The Hall–Kier alpha value is -2.49. The fraction of sp³-hybridized carbons (Fsp3) is 0. The monoisotopic (exact) mass is 267 g/mol. The molecule has 0 bridgehead atoms. The van der Waals surface area contributed by atoms with E-state index in [1.54, 1.807) is 0 Å². The first-order valence-corrected chi connectivity index (χ1v) is 6.06. The van der Waals surface area contributed by atoms with E-state index in [4.69, 9.17) is 4.42 Å². The SMILES string of the molecule is S=C=Nc1ccc(Nc2nc3ccccc3o2)cc1. The van der Waals surface area contributed by atoms with Crippen LogP contribution in [0.3, 0.4) is 0 Å². The summed E-state index contributed by atoms with van der Waals surface area (Å²) in [5, 5.41) is 5.42. The summed E-state index contributed by atoms with van der Waals surface area (Å²) in [6.45, 7) is 0. The number of hydrogen-bond donors (Lipinski definition) is 1. The van der Waals surface area contributed by atoms with Crippen LogP contribution >= 0.6 is 12.2 Å². The van der Waals surface area contributed by atoms with Gasteiger partial charge in [0.25, 0.3) is 6.01 Å². The number of para-hydroxylation sites is 2. The van der Waals surface area contributed by atoms with E-state index in [9.17, 15) is 0 Å². The van der Waals surface area contributed by atoms with Crippen LogP contribution in [0.2, 0.25) is 0 Å². The van der Waals surface area contributed by atoms with E-state index in [0.29, 0.717) is 6.01 Å². The van der Waals surface area contributed by atoms with Crippen molar-refractivity contribution in [3.8, 4) is 0 Å². The largest absolute Gasteiger partial charge is 0.423 e. The molecule has 0 aliphatic heterocycles. The van der Waals surface area contributed by atoms with Crippen molar-refractivity contribution >= 4 is 45.9 Å². The summed E-state index contributed by atoms with van der Waals surface area (Å²) in [7, 11) is 0. The molecule has 0 atom stereocenters. The second-order valence-electron chi connectivity index (χ2n) is 3.86. The average Bonchev–Trinajstić information content (AvgIpc) is 2.83. The Bertz CT molecular complexity index is 725. The smallest absolute Gasteiger partial charge is 0.300 e. The molecule has 2 aromatic carbocycles. The lowest BCUT2D eigenvalue weighted by molar-refractivity contribution is 0.623. The second-order valence-corrected chi connectivity index (χ2v) is 4.04. The lowest BCUT2D eigenvalue weighted by Gasteiger charge is -2.00. The fourth-order valence-electron chi connectivity index (χ4n) is 1.72. The molecule has 19 heavy (non-hydrogen) atoms. The number of anilines is 2.